The van der Waals surface area contributed by atoms with E-state index in [0.717, 1.165) is 45.6 Å². The summed E-state index contributed by atoms with van der Waals surface area (Å²) in [6.45, 7) is 6.49. The summed E-state index contributed by atoms with van der Waals surface area (Å²) >= 11 is 0. The van der Waals surface area contributed by atoms with Gasteiger partial charge in [-0.05, 0) is 43.4 Å². The SMILES string of the molecule is C[C@@H]1CCO[C@H]1C(=O)N1CC[C@@H](CN(C)Cc2cccnc2)C1. The summed E-state index contributed by atoms with van der Waals surface area (Å²) in [5.41, 5.74) is 1.23. The van der Waals surface area contributed by atoms with Crippen LogP contribution in [0.1, 0.15) is 25.3 Å². The molecular weight excluding hydrogens is 290 g/mol. The Kier molecular flexibility index (Phi) is 5.28. The Morgan fingerprint density at radius 2 is 2.35 bits per heavy atom. The molecular formula is C18H27N3O2. The van der Waals surface area contributed by atoms with Crippen molar-refractivity contribution < 1.29 is 9.53 Å². The third-order valence-electron chi connectivity index (χ3n) is 4.97. The van der Waals surface area contributed by atoms with Gasteiger partial charge >= 0.3 is 0 Å². The maximum absolute atomic E-state index is 12.6. The molecule has 0 unspecified atom stereocenters. The fourth-order valence-corrected chi connectivity index (χ4v) is 3.68. The third kappa shape index (κ3) is 4.09. The van der Waals surface area contributed by atoms with Gasteiger partial charge in [0.2, 0.25) is 0 Å². The number of pyridine rings is 1. The second-order valence-corrected chi connectivity index (χ2v) is 7.05. The Hall–Kier alpha value is -1.46. The summed E-state index contributed by atoms with van der Waals surface area (Å²) in [7, 11) is 2.14. The van der Waals surface area contributed by atoms with Gasteiger partial charge in [-0.3, -0.25) is 9.78 Å². The Balaban J connectivity index is 1.47. The standard InChI is InChI=1S/C18H27N3O2/c1-14-6-9-23-17(14)18(22)21-8-5-16(13-21)12-20(2)11-15-4-3-7-19-10-15/h3-4,7,10,14,16-17H,5-6,8-9,11-13H2,1-2H3/t14-,16+,17-/m1/s1. The van der Waals surface area contributed by atoms with Gasteiger partial charge in [0.25, 0.3) is 5.91 Å². The molecule has 0 aromatic carbocycles. The van der Waals surface area contributed by atoms with Crippen LogP contribution in [0.25, 0.3) is 0 Å². The number of aromatic nitrogens is 1. The van der Waals surface area contributed by atoms with Crippen LogP contribution >= 0.6 is 0 Å². The van der Waals surface area contributed by atoms with Gasteiger partial charge in [-0.2, -0.15) is 0 Å². The Morgan fingerprint density at radius 1 is 1.48 bits per heavy atom. The van der Waals surface area contributed by atoms with Crippen LogP contribution in [0.4, 0.5) is 0 Å². The molecule has 3 heterocycles. The Labute approximate surface area is 138 Å². The van der Waals surface area contributed by atoms with Gasteiger partial charge in [0.05, 0.1) is 0 Å². The van der Waals surface area contributed by atoms with Crippen LogP contribution in [-0.4, -0.2) is 60.1 Å². The second-order valence-electron chi connectivity index (χ2n) is 7.05. The highest BCUT2D eigenvalue weighted by Crippen LogP contribution is 2.25. The number of carbonyl (C=O) groups is 1. The molecule has 126 valence electrons. The predicted octanol–water partition coefficient (Wildman–Crippen LogP) is 1.79. The van der Waals surface area contributed by atoms with Crippen molar-refractivity contribution in [1.29, 1.82) is 0 Å². The molecule has 0 bridgehead atoms. The van der Waals surface area contributed by atoms with Gasteiger partial charge in [0, 0.05) is 45.2 Å². The highest BCUT2D eigenvalue weighted by Gasteiger charge is 2.37. The number of ether oxygens (including phenoxy) is 1. The van der Waals surface area contributed by atoms with E-state index in [-0.39, 0.29) is 12.0 Å². The molecule has 1 aromatic rings. The zero-order valence-electron chi connectivity index (χ0n) is 14.1. The zero-order valence-corrected chi connectivity index (χ0v) is 14.1. The van der Waals surface area contributed by atoms with Crippen molar-refractivity contribution >= 4 is 5.91 Å². The van der Waals surface area contributed by atoms with E-state index in [1.54, 1.807) is 6.20 Å². The van der Waals surface area contributed by atoms with Crippen LogP contribution in [0.5, 0.6) is 0 Å². The number of rotatable bonds is 5. The normalized spacial score (nSPS) is 27.8. The average molecular weight is 317 g/mol. The maximum Gasteiger partial charge on any atom is 0.251 e. The van der Waals surface area contributed by atoms with Crippen LogP contribution < -0.4 is 0 Å². The number of likely N-dealkylation sites (tertiary alicyclic amines) is 1. The first-order valence-corrected chi connectivity index (χ1v) is 8.61. The quantitative estimate of drug-likeness (QED) is 0.830. The molecule has 1 aromatic heterocycles. The van der Waals surface area contributed by atoms with Crippen LogP contribution in [0.3, 0.4) is 0 Å². The molecule has 2 fully saturated rings. The molecule has 0 saturated carbocycles. The summed E-state index contributed by atoms with van der Waals surface area (Å²) in [4.78, 5) is 21.1. The lowest BCUT2D eigenvalue weighted by atomic mass is 10.0. The van der Waals surface area contributed by atoms with E-state index in [4.69, 9.17) is 4.74 Å². The molecule has 2 aliphatic rings. The van der Waals surface area contributed by atoms with Crippen LogP contribution in [0.2, 0.25) is 0 Å². The minimum Gasteiger partial charge on any atom is -0.368 e. The molecule has 2 aliphatic heterocycles. The average Bonchev–Trinajstić information content (AvgIpc) is 3.16. The minimum absolute atomic E-state index is 0.201. The van der Waals surface area contributed by atoms with E-state index in [9.17, 15) is 4.79 Å². The van der Waals surface area contributed by atoms with E-state index in [0.29, 0.717) is 11.8 Å². The first-order chi connectivity index (χ1) is 11.1. The van der Waals surface area contributed by atoms with Crippen molar-refractivity contribution in [1.82, 2.24) is 14.8 Å². The molecule has 1 amide bonds. The number of carbonyl (C=O) groups excluding carboxylic acids is 1. The molecule has 0 aliphatic carbocycles. The second kappa shape index (κ2) is 7.41. The number of nitrogens with zero attached hydrogens (tertiary/aromatic N) is 3. The molecule has 0 radical (unpaired) electrons. The van der Waals surface area contributed by atoms with Crippen LogP contribution in [-0.2, 0) is 16.1 Å². The molecule has 3 atom stereocenters. The highest BCUT2D eigenvalue weighted by molar-refractivity contribution is 5.81. The lowest BCUT2D eigenvalue weighted by molar-refractivity contribution is -0.141. The minimum atomic E-state index is -0.207. The van der Waals surface area contributed by atoms with Gasteiger partial charge in [-0.1, -0.05) is 13.0 Å². The van der Waals surface area contributed by atoms with E-state index >= 15 is 0 Å². The highest BCUT2D eigenvalue weighted by atomic mass is 16.5. The van der Waals surface area contributed by atoms with E-state index in [1.807, 2.05) is 17.2 Å². The third-order valence-corrected chi connectivity index (χ3v) is 4.97. The number of hydrogen-bond donors (Lipinski definition) is 0. The first-order valence-electron chi connectivity index (χ1n) is 8.61. The van der Waals surface area contributed by atoms with Crippen molar-refractivity contribution in [3.63, 3.8) is 0 Å². The summed E-state index contributed by atoms with van der Waals surface area (Å²) in [6.07, 6.45) is 5.60. The molecule has 23 heavy (non-hydrogen) atoms. The summed E-state index contributed by atoms with van der Waals surface area (Å²) < 4.78 is 5.63. The molecule has 0 spiro atoms. The van der Waals surface area contributed by atoms with Crippen molar-refractivity contribution in [2.24, 2.45) is 11.8 Å². The van der Waals surface area contributed by atoms with E-state index in [1.165, 1.54) is 5.56 Å². The first kappa shape index (κ1) is 16.4. The lowest BCUT2D eigenvalue weighted by Gasteiger charge is -2.24. The van der Waals surface area contributed by atoms with E-state index < -0.39 is 0 Å². The number of amides is 1. The smallest absolute Gasteiger partial charge is 0.251 e. The molecule has 5 nitrogen and oxygen atoms in total. The monoisotopic (exact) mass is 317 g/mol. The maximum atomic E-state index is 12.6. The molecule has 5 heteroatoms. The molecule has 0 N–H and O–H groups in total. The zero-order chi connectivity index (χ0) is 16.2. The largest absolute Gasteiger partial charge is 0.368 e. The van der Waals surface area contributed by atoms with Gasteiger partial charge in [-0.25, -0.2) is 0 Å². The Morgan fingerprint density at radius 3 is 3.04 bits per heavy atom. The molecule has 2 saturated heterocycles. The van der Waals surface area contributed by atoms with Crippen LogP contribution in [0.15, 0.2) is 24.5 Å². The van der Waals surface area contributed by atoms with Crippen molar-refractivity contribution in [2.75, 3.05) is 33.3 Å². The van der Waals surface area contributed by atoms with E-state index in [2.05, 4.69) is 29.9 Å². The Bertz CT molecular complexity index is 522. The predicted molar refractivity (Wildman–Crippen MR) is 88.8 cm³/mol. The summed E-state index contributed by atoms with van der Waals surface area (Å²) in [5, 5.41) is 0. The van der Waals surface area contributed by atoms with Gasteiger partial charge in [0.15, 0.2) is 0 Å². The number of hydrogen-bond acceptors (Lipinski definition) is 4. The summed E-state index contributed by atoms with van der Waals surface area (Å²) in [5.74, 6) is 1.11. The fourth-order valence-electron chi connectivity index (χ4n) is 3.68. The van der Waals surface area contributed by atoms with Crippen molar-refractivity contribution in [2.45, 2.75) is 32.4 Å². The molecule has 3 rings (SSSR count). The van der Waals surface area contributed by atoms with Gasteiger partial charge in [0.1, 0.15) is 6.10 Å². The topological polar surface area (TPSA) is 45.7 Å². The van der Waals surface area contributed by atoms with Crippen molar-refractivity contribution in [3.05, 3.63) is 30.1 Å². The summed E-state index contributed by atoms with van der Waals surface area (Å²) in [6, 6.07) is 4.08. The van der Waals surface area contributed by atoms with Crippen molar-refractivity contribution in [3.8, 4) is 0 Å². The van der Waals surface area contributed by atoms with Gasteiger partial charge < -0.3 is 14.5 Å². The van der Waals surface area contributed by atoms with Gasteiger partial charge in [-0.15, -0.1) is 0 Å². The van der Waals surface area contributed by atoms with Crippen LogP contribution in [0, 0.1) is 11.8 Å². The fraction of sp³-hybridized carbons (Fsp3) is 0.667. The lowest BCUT2D eigenvalue weighted by Crippen LogP contribution is -2.40.